The molecule has 0 bridgehead atoms. The van der Waals surface area contributed by atoms with Crippen LogP contribution < -0.4 is 0 Å². The number of ether oxygens (including phenoxy) is 1. The van der Waals surface area contributed by atoms with Crippen LogP contribution in [0.5, 0.6) is 0 Å². The Balaban J connectivity index is 2.42. The van der Waals surface area contributed by atoms with Gasteiger partial charge in [-0.1, -0.05) is 6.92 Å². The minimum Gasteiger partial charge on any atom is -0.392 e. The molecule has 0 amide bonds. The molecule has 0 radical (unpaired) electrons. The fourth-order valence-corrected chi connectivity index (χ4v) is 1.49. The maximum Gasteiger partial charge on any atom is 0.0628 e. The maximum absolute atomic E-state index is 9.90. The van der Waals surface area contributed by atoms with Gasteiger partial charge < -0.3 is 9.84 Å². The SMILES string of the molecule is CCOCCC(O)C(C)c1ccncc1. The molecule has 1 N–H and O–H groups in total. The van der Waals surface area contributed by atoms with E-state index < -0.39 is 0 Å². The molecule has 1 rings (SSSR count). The van der Waals surface area contributed by atoms with E-state index >= 15 is 0 Å². The first-order chi connectivity index (χ1) is 7.25. The zero-order valence-electron chi connectivity index (χ0n) is 9.39. The highest BCUT2D eigenvalue weighted by Crippen LogP contribution is 2.20. The summed E-state index contributed by atoms with van der Waals surface area (Å²) < 4.78 is 5.22. The van der Waals surface area contributed by atoms with Gasteiger partial charge in [-0.15, -0.1) is 0 Å². The minimum atomic E-state index is -0.348. The fraction of sp³-hybridized carbons (Fsp3) is 0.583. The van der Waals surface area contributed by atoms with Gasteiger partial charge in [-0.25, -0.2) is 0 Å². The molecule has 84 valence electrons. The van der Waals surface area contributed by atoms with Crippen LogP contribution in [-0.4, -0.2) is 29.4 Å². The highest BCUT2D eigenvalue weighted by molar-refractivity contribution is 5.16. The molecule has 0 aliphatic rings. The summed E-state index contributed by atoms with van der Waals surface area (Å²) in [6.07, 6.45) is 3.83. The maximum atomic E-state index is 9.90. The van der Waals surface area contributed by atoms with Crippen molar-refractivity contribution >= 4 is 0 Å². The first kappa shape index (κ1) is 12.1. The van der Waals surface area contributed by atoms with Crippen LogP contribution in [-0.2, 0) is 4.74 Å². The van der Waals surface area contributed by atoms with Crippen LogP contribution in [0.25, 0.3) is 0 Å². The van der Waals surface area contributed by atoms with Crippen molar-refractivity contribution < 1.29 is 9.84 Å². The molecule has 0 spiro atoms. The molecule has 0 fully saturated rings. The summed E-state index contributed by atoms with van der Waals surface area (Å²) in [5.41, 5.74) is 1.12. The Morgan fingerprint density at radius 2 is 2.07 bits per heavy atom. The Morgan fingerprint density at radius 1 is 1.40 bits per heavy atom. The lowest BCUT2D eigenvalue weighted by molar-refractivity contribution is 0.0770. The average molecular weight is 209 g/mol. The quantitative estimate of drug-likeness (QED) is 0.728. The predicted molar refractivity (Wildman–Crippen MR) is 59.8 cm³/mol. The van der Waals surface area contributed by atoms with Crippen LogP contribution in [0.4, 0.5) is 0 Å². The average Bonchev–Trinajstić information content (AvgIpc) is 2.29. The van der Waals surface area contributed by atoms with Crippen LogP contribution in [0, 0.1) is 0 Å². The Labute approximate surface area is 91.1 Å². The first-order valence-electron chi connectivity index (χ1n) is 5.41. The monoisotopic (exact) mass is 209 g/mol. The number of aromatic nitrogens is 1. The molecule has 2 atom stereocenters. The summed E-state index contributed by atoms with van der Waals surface area (Å²) in [6, 6.07) is 3.88. The highest BCUT2D eigenvalue weighted by atomic mass is 16.5. The van der Waals surface area contributed by atoms with E-state index in [0.717, 1.165) is 5.56 Å². The van der Waals surface area contributed by atoms with Crippen molar-refractivity contribution in [2.45, 2.75) is 32.3 Å². The summed E-state index contributed by atoms with van der Waals surface area (Å²) in [4.78, 5) is 3.96. The Hall–Kier alpha value is -0.930. The van der Waals surface area contributed by atoms with Gasteiger partial charge in [0.05, 0.1) is 6.10 Å². The second-order valence-electron chi connectivity index (χ2n) is 3.62. The number of hydrogen-bond donors (Lipinski definition) is 1. The van der Waals surface area contributed by atoms with E-state index in [2.05, 4.69) is 4.98 Å². The van der Waals surface area contributed by atoms with Crippen molar-refractivity contribution in [1.82, 2.24) is 4.98 Å². The van der Waals surface area contributed by atoms with Crippen LogP contribution in [0.15, 0.2) is 24.5 Å². The number of aliphatic hydroxyl groups is 1. The van der Waals surface area contributed by atoms with Crippen molar-refractivity contribution in [3.8, 4) is 0 Å². The molecule has 0 aromatic carbocycles. The van der Waals surface area contributed by atoms with E-state index in [1.54, 1.807) is 12.4 Å². The van der Waals surface area contributed by atoms with Crippen LogP contribution in [0.2, 0.25) is 0 Å². The molecule has 15 heavy (non-hydrogen) atoms. The normalized spacial score (nSPS) is 14.9. The summed E-state index contributed by atoms with van der Waals surface area (Å²) in [5, 5.41) is 9.90. The molecular weight excluding hydrogens is 190 g/mol. The molecule has 3 nitrogen and oxygen atoms in total. The first-order valence-corrected chi connectivity index (χ1v) is 5.41. The third-order valence-electron chi connectivity index (χ3n) is 2.57. The van der Waals surface area contributed by atoms with Gasteiger partial charge in [-0.05, 0) is 31.0 Å². The van der Waals surface area contributed by atoms with Crippen molar-refractivity contribution in [3.63, 3.8) is 0 Å². The molecule has 1 heterocycles. The molecule has 0 aliphatic carbocycles. The molecule has 3 heteroatoms. The van der Waals surface area contributed by atoms with E-state index in [0.29, 0.717) is 19.6 Å². The second-order valence-corrected chi connectivity index (χ2v) is 3.62. The summed E-state index contributed by atoms with van der Waals surface area (Å²) in [6.45, 7) is 5.30. The van der Waals surface area contributed by atoms with Gasteiger partial charge in [0.1, 0.15) is 0 Å². The Kier molecular flexibility index (Phi) is 5.29. The molecule has 0 saturated heterocycles. The van der Waals surface area contributed by atoms with E-state index in [9.17, 15) is 5.11 Å². The number of pyridine rings is 1. The van der Waals surface area contributed by atoms with Crippen LogP contribution >= 0.6 is 0 Å². The largest absolute Gasteiger partial charge is 0.392 e. The third-order valence-corrected chi connectivity index (χ3v) is 2.57. The summed E-state index contributed by atoms with van der Waals surface area (Å²) in [7, 11) is 0. The minimum absolute atomic E-state index is 0.133. The molecule has 0 aliphatic heterocycles. The van der Waals surface area contributed by atoms with Crippen LogP contribution in [0.1, 0.15) is 31.7 Å². The zero-order valence-corrected chi connectivity index (χ0v) is 9.39. The molecule has 0 saturated carbocycles. The lowest BCUT2D eigenvalue weighted by Gasteiger charge is -2.18. The van der Waals surface area contributed by atoms with E-state index in [1.165, 1.54) is 0 Å². The van der Waals surface area contributed by atoms with Crippen molar-refractivity contribution in [2.24, 2.45) is 0 Å². The van der Waals surface area contributed by atoms with E-state index in [-0.39, 0.29) is 12.0 Å². The Bertz CT molecular complexity index is 264. The second kappa shape index (κ2) is 6.53. The lowest BCUT2D eigenvalue weighted by Crippen LogP contribution is -2.18. The molecule has 1 aromatic heterocycles. The van der Waals surface area contributed by atoms with Crippen LogP contribution in [0.3, 0.4) is 0 Å². The number of aliphatic hydroxyl groups excluding tert-OH is 1. The predicted octanol–water partition coefficient (Wildman–Crippen LogP) is 1.97. The number of nitrogens with zero attached hydrogens (tertiary/aromatic N) is 1. The fourth-order valence-electron chi connectivity index (χ4n) is 1.49. The van der Waals surface area contributed by atoms with Gasteiger partial charge in [0.2, 0.25) is 0 Å². The standard InChI is InChI=1S/C12H19NO2/c1-3-15-9-6-12(14)10(2)11-4-7-13-8-5-11/h4-5,7-8,10,12,14H,3,6,9H2,1-2H3. The van der Waals surface area contributed by atoms with Gasteiger partial charge in [0.15, 0.2) is 0 Å². The lowest BCUT2D eigenvalue weighted by atomic mass is 9.95. The zero-order chi connectivity index (χ0) is 11.1. The van der Waals surface area contributed by atoms with Gasteiger partial charge in [0, 0.05) is 31.5 Å². The smallest absolute Gasteiger partial charge is 0.0628 e. The van der Waals surface area contributed by atoms with E-state index in [1.807, 2.05) is 26.0 Å². The highest BCUT2D eigenvalue weighted by Gasteiger charge is 2.15. The third kappa shape index (κ3) is 3.98. The van der Waals surface area contributed by atoms with Crippen molar-refractivity contribution in [2.75, 3.05) is 13.2 Å². The van der Waals surface area contributed by atoms with Gasteiger partial charge in [0.25, 0.3) is 0 Å². The molecule has 2 unspecified atom stereocenters. The molecular formula is C12H19NO2. The summed E-state index contributed by atoms with van der Waals surface area (Å²) >= 11 is 0. The van der Waals surface area contributed by atoms with Crippen molar-refractivity contribution in [3.05, 3.63) is 30.1 Å². The number of hydrogen-bond acceptors (Lipinski definition) is 3. The van der Waals surface area contributed by atoms with Gasteiger partial charge >= 0.3 is 0 Å². The number of rotatable bonds is 6. The van der Waals surface area contributed by atoms with Gasteiger partial charge in [-0.3, -0.25) is 4.98 Å². The van der Waals surface area contributed by atoms with Gasteiger partial charge in [-0.2, -0.15) is 0 Å². The van der Waals surface area contributed by atoms with Crippen molar-refractivity contribution in [1.29, 1.82) is 0 Å². The van der Waals surface area contributed by atoms with E-state index in [4.69, 9.17) is 4.74 Å². The topological polar surface area (TPSA) is 42.4 Å². The Morgan fingerprint density at radius 3 is 2.67 bits per heavy atom. The summed E-state index contributed by atoms with van der Waals surface area (Å²) in [5.74, 6) is 0.133. The molecule has 1 aromatic rings.